The summed E-state index contributed by atoms with van der Waals surface area (Å²) in [6.45, 7) is 2.41. The summed E-state index contributed by atoms with van der Waals surface area (Å²) in [5, 5.41) is 0. The predicted molar refractivity (Wildman–Crippen MR) is 38.3 cm³/mol. The van der Waals surface area contributed by atoms with Gasteiger partial charge in [0.1, 0.15) is 0 Å². The summed E-state index contributed by atoms with van der Waals surface area (Å²) in [5.41, 5.74) is 0. The van der Waals surface area contributed by atoms with E-state index in [0.717, 1.165) is 24.7 Å². The Morgan fingerprint density at radius 1 is 1.12 bits per heavy atom. The van der Waals surface area contributed by atoms with E-state index >= 15 is 0 Å². The third kappa shape index (κ3) is 6.79. The van der Waals surface area contributed by atoms with Crippen LogP contribution in [0, 0.1) is 0 Å². The number of hydrogen-bond donors (Lipinski definition) is 0. The fourth-order valence-electron chi connectivity index (χ4n) is 0.371. The van der Waals surface area contributed by atoms with Gasteiger partial charge in [-0.2, -0.15) is 0 Å². The van der Waals surface area contributed by atoms with E-state index in [0.29, 0.717) is 0 Å². The van der Waals surface area contributed by atoms with Gasteiger partial charge in [0.2, 0.25) is 0 Å². The predicted octanol–water partition coefficient (Wildman–Crippen LogP) is -0.704. The van der Waals surface area contributed by atoms with Crippen molar-refractivity contribution in [2.45, 2.75) is 0 Å². The second kappa shape index (κ2) is 4.65. The second-order valence-electron chi connectivity index (χ2n) is 2.38. The molecular weight excluding hydrogens is 203 g/mol. The Morgan fingerprint density at radius 3 is 1.75 bits per heavy atom. The van der Waals surface area contributed by atoms with Gasteiger partial charge in [-0.05, 0) is 0 Å². The normalized spacial score (nSPS) is 11.1. The molecule has 2 nitrogen and oxygen atoms in total. The number of hydrogen-bond acceptors (Lipinski definition) is 2. The number of likely N-dealkylation sites (N-methyl/N-ethyl adjacent to an activating group) is 2. The first-order valence-electron chi connectivity index (χ1n) is 2.79. The van der Waals surface area contributed by atoms with Crippen molar-refractivity contribution in [1.82, 2.24) is 7.79 Å². The van der Waals surface area contributed by atoms with Crippen molar-refractivity contribution in [3.8, 4) is 0 Å². The average Bonchev–Trinajstić information content (AvgIpc) is 1.61. The van der Waals surface area contributed by atoms with Gasteiger partial charge in [-0.3, -0.25) is 0 Å². The van der Waals surface area contributed by atoms with E-state index in [2.05, 4.69) is 28.9 Å². The quantitative estimate of drug-likeness (QED) is 0.616. The van der Waals surface area contributed by atoms with E-state index in [4.69, 9.17) is 0 Å². The van der Waals surface area contributed by atoms with Crippen LogP contribution in [0.15, 0.2) is 0 Å². The Balaban J connectivity index is 2.93. The van der Waals surface area contributed by atoms with Gasteiger partial charge in [0, 0.05) is 0 Å². The Kier molecular flexibility index (Phi) is 5.11. The fourth-order valence-corrected chi connectivity index (χ4v) is 0.774. The van der Waals surface area contributed by atoms with Crippen LogP contribution >= 0.6 is 0 Å². The SMILES string of the molecule is CN(C)CC[N](C)[InH]. The Bertz CT molecular complexity index is 46.4. The molecule has 0 amide bonds. The van der Waals surface area contributed by atoms with Gasteiger partial charge in [-0.15, -0.1) is 0 Å². The molecule has 0 bridgehead atoms. The van der Waals surface area contributed by atoms with Crippen molar-refractivity contribution in [1.29, 1.82) is 0 Å². The van der Waals surface area contributed by atoms with E-state index in [1.54, 1.807) is 0 Å². The summed E-state index contributed by atoms with van der Waals surface area (Å²) >= 11 is 0.978. The summed E-state index contributed by atoms with van der Waals surface area (Å²) < 4.78 is 2.35. The molecule has 3 heteroatoms. The molecule has 0 aliphatic rings. The van der Waals surface area contributed by atoms with Crippen molar-refractivity contribution in [2.75, 3.05) is 34.2 Å². The molecule has 0 spiro atoms. The monoisotopic (exact) mass is 217 g/mol. The molecule has 0 aromatic heterocycles. The van der Waals surface area contributed by atoms with Crippen LogP contribution in [-0.2, 0) is 0 Å². The summed E-state index contributed by atoms with van der Waals surface area (Å²) in [6.07, 6.45) is 0. The van der Waals surface area contributed by atoms with Gasteiger partial charge in [-0.25, -0.2) is 0 Å². The van der Waals surface area contributed by atoms with E-state index in [9.17, 15) is 0 Å². The molecule has 0 atom stereocenters. The molecule has 0 unspecified atom stereocenters. The van der Waals surface area contributed by atoms with Crippen molar-refractivity contribution in [2.24, 2.45) is 0 Å². The minimum atomic E-state index is 0.978. The zero-order chi connectivity index (χ0) is 6.57. The number of rotatable bonds is 3. The molecule has 47 valence electrons. The van der Waals surface area contributed by atoms with Gasteiger partial charge in [-0.1, -0.05) is 0 Å². The first-order valence-corrected chi connectivity index (χ1v) is 4.60. The maximum atomic E-state index is 2.35. The van der Waals surface area contributed by atoms with E-state index in [1.807, 2.05) is 0 Å². The Hall–Kier alpha value is 0.790. The number of nitrogens with zero attached hydrogens (tertiary/aromatic N) is 2. The van der Waals surface area contributed by atoms with Crippen LogP contribution in [0.4, 0.5) is 0 Å². The fraction of sp³-hybridized carbons (Fsp3) is 1.00. The van der Waals surface area contributed by atoms with Crippen LogP contribution < -0.4 is 0 Å². The van der Waals surface area contributed by atoms with E-state index < -0.39 is 0 Å². The first-order chi connectivity index (χ1) is 3.63. The molecule has 0 saturated carbocycles. The first kappa shape index (κ1) is 8.79. The van der Waals surface area contributed by atoms with Crippen LogP contribution in [0.1, 0.15) is 0 Å². The molecule has 8 heavy (non-hydrogen) atoms. The zero-order valence-corrected chi connectivity index (χ0v) is 10.1. The third-order valence-corrected chi connectivity index (χ3v) is 1.83. The van der Waals surface area contributed by atoms with Crippen LogP contribution in [-0.4, -0.2) is 66.7 Å². The van der Waals surface area contributed by atoms with Crippen LogP contribution in [0.3, 0.4) is 0 Å². The molecule has 0 saturated heterocycles. The summed E-state index contributed by atoms with van der Waals surface area (Å²) in [4.78, 5) is 2.21. The molecular formula is C5H14InN2. The van der Waals surface area contributed by atoms with E-state index in [-0.39, 0.29) is 0 Å². The van der Waals surface area contributed by atoms with Crippen molar-refractivity contribution in [3.63, 3.8) is 0 Å². The second-order valence-corrected chi connectivity index (χ2v) is 5.46. The van der Waals surface area contributed by atoms with Crippen LogP contribution in [0.5, 0.6) is 0 Å². The maximum absolute atomic E-state index is 2.35. The Labute approximate surface area is 66.8 Å². The average molecular weight is 217 g/mol. The molecule has 0 rings (SSSR count). The van der Waals surface area contributed by atoms with Gasteiger partial charge < -0.3 is 0 Å². The summed E-state index contributed by atoms with van der Waals surface area (Å²) in [6, 6.07) is 0. The molecule has 0 heterocycles. The Morgan fingerprint density at radius 2 is 1.62 bits per heavy atom. The van der Waals surface area contributed by atoms with E-state index in [1.165, 1.54) is 13.1 Å². The molecule has 0 fully saturated rings. The van der Waals surface area contributed by atoms with Crippen molar-refractivity contribution >= 4 is 24.7 Å². The molecule has 0 aromatic carbocycles. The topological polar surface area (TPSA) is 6.48 Å². The molecule has 0 aromatic rings. The summed E-state index contributed by atoms with van der Waals surface area (Å²) in [7, 11) is 6.37. The van der Waals surface area contributed by atoms with Gasteiger partial charge in [0.15, 0.2) is 0 Å². The minimum absolute atomic E-state index is 0.978. The standard InChI is InChI=1S/C5H13N2.In.H/c1-6-4-5-7(2)3;;/h4-5H2,1-3H3;;/q-1;+1;. The van der Waals surface area contributed by atoms with Crippen LogP contribution in [0.25, 0.3) is 0 Å². The van der Waals surface area contributed by atoms with Crippen LogP contribution in [0.2, 0.25) is 0 Å². The van der Waals surface area contributed by atoms with Gasteiger partial charge >= 0.3 is 66.7 Å². The third-order valence-electron chi connectivity index (χ3n) is 0.929. The van der Waals surface area contributed by atoms with Gasteiger partial charge in [0.25, 0.3) is 0 Å². The molecule has 0 aliphatic heterocycles. The zero-order valence-electron chi connectivity index (χ0n) is 6.02. The molecule has 0 N–H and O–H groups in total. The van der Waals surface area contributed by atoms with Crippen molar-refractivity contribution < 1.29 is 0 Å². The van der Waals surface area contributed by atoms with Gasteiger partial charge in [0.05, 0.1) is 0 Å². The van der Waals surface area contributed by atoms with Crippen molar-refractivity contribution in [3.05, 3.63) is 0 Å². The summed E-state index contributed by atoms with van der Waals surface area (Å²) in [5.74, 6) is 0. The molecule has 0 aliphatic carbocycles. The molecule has 1 radical (unpaired) electrons.